The molecule has 1 rings (SSSR count). The molecule has 1 heterocycles. The zero-order valence-electron chi connectivity index (χ0n) is 13.7. The number of carbonyl (C=O) groups excluding carboxylic acids is 2. The first-order valence-electron chi connectivity index (χ1n) is 7.56. The van der Waals surface area contributed by atoms with E-state index in [0.29, 0.717) is 12.8 Å². The molecule has 0 bridgehead atoms. The summed E-state index contributed by atoms with van der Waals surface area (Å²) in [5.74, 6) is 0.0332. The molecule has 0 spiro atoms. The summed E-state index contributed by atoms with van der Waals surface area (Å²) in [5, 5.41) is 2.90. The maximum absolute atomic E-state index is 12.8. The summed E-state index contributed by atoms with van der Waals surface area (Å²) in [6.07, 6.45) is 2.15. The van der Waals surface area contributed by atoms with Gasteiger partial charge in [-0.15, -0.1) is 0 Å². The fourth-order valence-corrected chi connectivity index (χ4v) is 2.67. The molecule has 0 saturated carbocycles. The smallest absolute Gasteiger partial charge is 0.248 e. The van der Waals surface area contributed by atoms with Gasteiger partial charge in [0.05, 0.1) is 0 Å². The van der Waals surface area contributed by atoms with Crippen LogP contribution in [0.4, 0.5) is 0 Å². The number of hydrogen-bond acceptors (Lipinski definition) is 3. The average Bonchev–Trinajstić information content (AvgIpc) is 2.39. The van der Waals surface area contributed by atoms with Crippen molar-refractivity contribution in [3.05, 3.63) is 0 Å². The van der Waals surface area contributed by atoms with E-state index in [9.17, 15) is 9.59 Å². The van der Waals surface area contributed by atoms with Crippen LogP contribution in [0, 0.1) is 0 Å². The summed E-state index contributed by atoms with van der Waals surface area (Å²) in [4.78, 5) is 29.0. The average molecular weight is 283 g/mol. The van der Waals surface area contributed by atoms with E-state index in [1.807, 2.05) is 46.7 Å². The SMILES string of the molecule is CCC1C(=O)NC(C)(CC)C(=O)N1C(C)CCN(C)C. The van der Waals surface area contributed by atoms with Crippen molar-refractivity contribution in [1.82, 2.24) is 15.1 Å². The Hall–Kier alpha value is -1.10. The van der Waals surface area contributed by atoms with Crippen molar-refractivity contribution < 1.29 is 9.59 Å². The van der Waals surface area contributed by atoms with Crippen molar-refractivity contribution in [2.75, 3.05) is 20.6 Å². The van der Waals surface area contributed by atoms with Gasteiger partial charge >= 0.3 is 0 Å². The van der Waals surface area contributed by atoms with E-state index in [1.165, 1.54) is 0 Å². The number of nitrogens with zero attached hydrogens (tertiary/aromatic N) is 2. The van der Waals surface area contributed by atoms with E-state index < -0.39 is 5.54 Å². The van der Waals surface area contributed by atoms with Crippen LogP contribution in [-0.2, 0) is 9.59 Å². The minimum absolute atomic E-state index is 0.0202. The third kappa shape index (κ3) is 3.32. The van der Waals surface area contributed by atoms with E-state index in [2.05, 4.69) is 10.2 Å². The molecule has 0 aromatic carbocycles. The number of nitrogens with one attached hydrogen (secondary N) is 1. The molecule has 20 heavy (non-hydrogen) atoms. The Balaban J connectivity index is 2.96. The third-order valence-corrected chi connectivity index (χ3v) is 4.31. The molecule has 5 nitrogen and oxygen atoms in total. The fraction of sp³-hybridized carbons (Fsp3) is 0.867. The van der Waals surface area contributed by atoms with Gasteiger partial charge in [0.2, 0.25) is 11.8 Å². The van der Waals surface area contributed by atoms with Crippen molar-refractivity contribution in [3.63, 3.8) is 0 Å². The molecule has 3 atom stereocenters. The predicted molar refractivity (Wildman–Crippen MR) is 80.4 cm³/mol. The summed E-state index contributed by atoms with van der Waals surface area (Å²) in [5.41, 5.74) is -0.755. The molecule has 1 aliphatic rings. The molecular weight excluding hydrogens is 254 g/mol. The molecule has 1 fully saturated rings. The lowest BCUT2D eigenvalue weighted by Gasteiger charge is -2.46. The second-order valence-electron chi connectivity index (χ2n) is 6.25. The van der Waals surface area contributed by atoms with Gasteiger partial charge in [-0.2, -0.15) is 0 Å². The highest BCUT2D eigenvalue weighted by atomic mass is 16.2. The maximum Gasteiger partial charge on any atom is 0.248 e. The lowest BCUT2D eigenvalue weighted by Crippen LogP contribution is -2.70. The van der Waals surface area contributed by atoms with Gasteiger partial charge in [0.15, 0.2) is 0 Å². The molecule has 5 heteroatoms. The number of hydrogen-bond donors (Lipinski definition) is 1. The molecule has 0 radical (unpaired) electrons. The largest absolute Gasteiger partial charge is 0.340 e. The third-order valence-electron chi connectivity index (χ3n) is 4.31. The van der Waals surface area contributed by atoms with Crippen molar-refractivity contribution in [1.29, 1.82) is 0 Å². The van der Waals surface area contributed by atoms with Gasteiger partial charge in [0.1, 0.15) is 11.6 Å². The monoisotopic (exact) mass is 283 g/mol. The molecule has 3 unspecified atom stereocenters. The number of amides is 2. The van der Waals surface area contributed by atoms with Gasteiger partial charge in [-0.3, -0.25) is 9.59 Å². The van der Waals surface area contributed by atoms with Crippen LogP contribution < -0.4 is 5.32 Å². The highest BCUT2D eigenvalue weighted by molar-refractivity contribution is 5.99. The first kappa shape index (κ1) is 17.0. The molecule has 0 aromatic rings. The highest BCUT2D eigenvalue weighted by Gasteiger charge is 2.47. The first-order chi connectivity index (χ1) is 9.26. The van der Waals surface area contributed by atoms with Crippen LogP contribution >= 0.6 is 0 Å². The van der Waals surface area contributed by atoms with Gasteiger partial charge in [0, 0.05) is 6.04 Å². The molecule has 1 N–H and O–H groups in total. The number of piperazine rings is 1. The lowest BCUT2D eigenvalue weighted by atomic mass is 9.89. The fourth-order valence-electron chi connectivity index (χ4n) is 2.67. The first-order valence-corrected chi connectivity index (χ1v) is 7.56. The van der Waals surface area contributed by atoms with Crippen molar-refractivity contribution >= 4 is 11.8 Å². The van der Waals surface area contributed by atoms with E-state index >= 15 is 0 Å². The molecule has 1 saturated heterocycles. The van der Waals surface area contributed by atoms with Gasteiger partial charge < -0.3 is 15.1 Å². The van der Waals surface area contributed by atoms with Gasteiger partial charge in [-0.25, -0.2) is 0 Å². The number of carbonyl (C=O) groups is 2. The Morgan fingerprint density at radius 3 is 2.40 bits per heavy atom. The zero-order chi connectivity index (χ0) is 15.5. The zero-order valence-corrected chi connectivity index (χ0v) is 13.7. The Morgan fingerprint density at radius 1 is 1.35 bits per heavy atom. The minimum Gasteiger partial charge on any atom is -0.340 e. The Kier molecular flexibility index (Phi) is 5.57. The van der Waals surface area contributed by atoms with E-state index in [1.54, 1.807) is 0 Å². The standard InChI is InChI=1S/C15H29N3O2/c1-7-12-13(19)16-15(4,8-2)14(20)18(12)11(3)9-10-17(5)6/h11-12H,7-10H2,1-6H3,(H,16,19). The van der Waals surface area contributed by atoms with Gasteiger partial charge in [-0.1, -0.05) is 13.8 Å². The van der Waals surface area contributed by atoms with Crippen molar-refractivity contribution in [2.24, 2.45) is 0 Å². The van der Waals surface area contributed by atoms with Crippen LogP contribution in [0.3, 0.4) is 0 Å². The second-order valence-corrected chi connectivity index (χ2v) is 6.25. The Labute approximate surface area is 122 Å². The summed E-state index contributed by atoms with van der Waals surface area (Å²) < 4.78 is 0. The highest BCUT2D eigenvalue weighted by Crippen LogP contribution is 2.25. The van der Waals surface area contributed by atoms with Crippen LogP contribution in [-0.4, -0.2) is 59.9 Å². The van der Waals surface area contributed by atoms with E-state index in [0.717, 1.165) is 13.0 Å². The lowest BCUT2D eigenvalue weighted by molar-refractivity contribution is -0.157. The predicted octanol–water partition coefficient (Wildman–Crippen LogP) is 1.23. The van der Waals surface area contributed by atoms with Gasteiger partial charge in [-0.05, 0) is 53.8 Å². The quantitative estimate of drug-likeness (QED) is 0.798. The molecule has 2 amide bonds. The molecule has 116 valence electrons. The van der Waals surface area contributed by atoms with Crippen molar-refractivity contribution in [3.8, 4) is 0 Å². The molecule has 0 aliphatic carbocycles. The van der Waals surface area contributed by atoms with Gasteiger partial charge in [0.25, 0.3) is 0 Å². The van der Waals surface area contributed by atoms with Crippen LogP contribution in [0.15, 0.2) is 0 Å². The normalized spacial score (nSPS) is 28.8. The number of rotatable bonds is 6. The molecular formula is C15H29N3O2. The van der Waals surface area contributed by atoms with Crippen molar-refractivity contribution in [2.45, 2.75) is 64.6 Å². The summed E-state index contributed by atoms with van der Waals surface area (Å²) in [7, 11) is 4.04. The Morgan fingerprint density at radius 2 is 1.95 bits per heavy atom. The topological polar surface area (TPSA) is 52.7 Å². The van der Waals surface area contributed by atoms with Crippen LogP contribution in [0.5, 0.6) is 0 Å². The minimum atomic E-state index is -0.755. The van der Waals surface area contributed by atoms with Crippen LogP contribution in [0.2, 0.25) is 0 Å². The van der Waals surface area contributed by atoms with E-state index in [4.69, 9.17) is 0 Å². The van der Waals surface area contributed by atoms with Crippen LogP contribution in [0.1, 0.15) is 47.0 Å². The van der Waals surface area contributed by atoms with Crippen LogP contribution in [0.25, 0.3) is 0 Å². The Bertz CT molecular complexity index is 370. The maximum atomic E-state index is 12.8. The molecule has 0 aromatic heterocycles. The second kappa shape index (κ2) is 6.57. The van der Waals surface area contributed by atoms with E-state index in [-0.39, 0.29) is 23.9 Å². The summed E-state index contributed by atoms with van der Waals surface area (Å²) in [6, 6.07) is -0.258. The molecule has 1 aliphatic heterocycles. The summed E-state index contributed by atoms with van der Waals surface area (Å²) in [6.45, 7) is 8.67. The summed E-state index contributed by atoms with van der Waals surface area (Å²) >= 11 is 0.